The summed E-state index contributed by atoms with van der Waals surface area (Å²) in [6, 6.07) is 0.705. The van der Waals surface area contributed by atoms with Gasteiger partial charge >= 0.3 is 0 Å². The maximum atomic E-state index is 3.61. The fourth-order valence-electron chi connectivity index (χ4n) is 3.89. The molecular weight excluding hydrogens is 246 g/mol. The average Bonchev–Trinajstić information content (AvgIpc) is 2.45. The Labute approximate surface area is 126 Å². The third kappa shape index (κ3) is 4.44. The summed E-state index contributed by atoms with van der Waals surface area (Å²) in [5, 5.41) is 3.61. The van der Waals surface area contributed by atoms with Crippen molar-refractivity contribution in [3.8, 4) is 0 Å². The van der Waals surface area contributed by atoms with Crippen LogP contribution in [0.15, 0.2) is 0 Å². The Morgan fingerprint density at radius 3 is 2.10 bits per heavy atom. The summed E-state index contributed by atoms with van der Waals surface area (Å²) >= 11 is 0. The summed E-state index contributed by atoms with van der Waals surface area (Å²) in [7, 11) is 2.16. The number of hydrogen-bond acceptors (Lipinski definition) is 3. The minimum atomic E-state index is 0.331. The van der Waals surface area contributed by atoms with E-state index in [0.29, 0.717) is 11.6 Å². The van der Waals surface area contributed by atoms with E-state index in [2.05, 4.69) is 42.9 Å². The van der Waals surface area contributed by atoms with Crippen LogP contribution in [-0.4, -0.2) is 61.2 Å². The Kier molecular flexibility index (Phi) is 5.88. The van der Waals surface area contributed by atoms with Crippen molar-refractivity contribution in [2.24, 2.45) is 5.92 Å². The number of likely N-dealkylation sites (N-methyl/N-ethyl adjacent to an activating group) is 1. The number of hydrogen-bond donors (Lipinski definition) is 1. The van der Waals surface area contributed by atoms with E-state index in [4.69, 9.17) is 0 Å². The molecule has 20 heavy (non-hydrogen) atoms. The van der Waals surface area contributed by atoms with E-state index in [1.54, 1.807) is 0 Å². The van der Waals surface area contributed by atoms with Gasteiger partial charge in [0, 0.05) is 44.3 Å². The van der Waals surface area contributed by atoms with Crippen molar-refractivity contribution in [2.75, 3.05) is 39.8 Å². The van der Waals surface area contributed by atoms with Crippen molar-refractivity contribution in [1.82, 2.24) is 15.1 Å². The Balaban J connectivity index is 1.78. The molecule has 1 saturated carbocycles. The van der Waals surface area contributed by atoms with Crippen LogP contribution < -0.4 is 5.32 Å². The summed E-state index contributed by atoms with van der Waals surface area (Å²) in [6.07, 6.45) is 7.22. The summed E-state index contributed by atoms with van der Waals surface area (Å²) in [5.74, 6) is 0.911. The fraction of sp³-hybridized carbons (Fsp3) is 1.00. The summed E-state index contributed by atoms with van der Waals surface area (Å²) in [6.45, 7) is 13.2. The molecule has 0 radical (unpaired) electrons. The van der Waals surface area contributed by atoms with Crippen LogP contribution in [0, 0.1) is 5.92 Å². The van der Waals surface area contributed by atoms with Gasteiger partial charge in [-0.15, -0.1) is 0 Å². The van der Waals surface area contributed by atoms with Crippen molar-refractivity contribution in [1.29, 1.82) is 0 Å². The van der Waals surface area contributed by atoms with Gasteiger partial charge in [0.15, 0.2) is 0 Å². The van der Waals surface area contributed by atoms with Gasteiger partial charge in [-0.2, -0.15) is 0 Å². The van der Waals surface area contributed by atoms with Crippen LogP contribution in [-0.2, 0) is 0 Å². The number of nitrogens with one attached hydrogen (secondary N) is 1. The van der Waals surface area contributed by atoms with E-state index in [1.807, 2.05) is 0 Å². The molecule has 2 fully saturated rings. The van der Waals surface area contributed by atoms with Crippen LogP contribution in [0.3, 0.4) is 0 Å². The van der Waals surface area contributed by atoms with Crippen molar-refractivity contribution < 1.29 is 0 Å². The molecular formula is C17H35N3. The fourth-order valence-corrected chi connectivity index (χ4v) is 3.89. The van der Waals surface area contributed by atoms with Gasteiger partial charge < -0.3 is 5.32 Å². The first-order chi connectivity index (χ1) is 9.50. The molecule has 1 aliphatic carbocycles. The number of nitrogens with zero attached hydrogens (tertiary/aromatic N) is 2. The highest BCUT2D eigenvalue weighted by Crippen LogP contribution is 2.27. The zero-order chi connectivity index (χ0) is 14.6. The lowest BCUT2D eigenvalue weighted by Gasteiger charge is -2.43. The molecule has 0 bridgehead atoms. The zero-order valence-electron chi connectivity index (χ0n) is 14.1. The molecule has 2 rings (SSSR count). The van der Waals surface area contributed by atoms with Gasteiger partial charge in [-0.1, -0.05) is 19.3 Å². The normalized spacial score (nSPS) is 25.8. The average molecular weight is 281 g/mol. The molecule has 1 atom stereocenters. The lowest BCUT2D eigenvalue weighted by molar-refractivity contribution is 0.0532. The minimum absolute atomic E-state index is 0.331. The van der Waals surface area contributed by atoms with Crippen LogP contribution in [0.25, 0.3) is 0 Å². The smallest absolute Gasteiger partial charge is 0.0220 e. The largest absolute Gasteiger partial charge is 0.315 e. The van der Waals surface area contributed by atoms with Gasteiger partial charge in [0.1, 0.15) is 0 Å². The van der Waals surface area contributed by atoms with Crippen LogP contribution >= 0.6 is 0 Å². The molecule has 1 N–H and O–H groups in total. The summed E-state index contributed by atoms with van der Waals surface area (Å²) < 4.78 is 0. The molecule has 3 nitrogen and oxygen atoms in total. The van der Waals surface area contributed by atoms with E-state index in [0.717, 1.165) is 5.92 Å². The van der Waals surface area contributed by atoms with Crippen LogP contribution in [0.4, 0.5) is 0 Å². The lowest BCUT2D eigenvalue weighted by atomic mass is 9.83. The van der Waals surface area contributed by atoms with Crippen LogP contribution in [0.5, 0.6) is 0 Å². The van der Waals surface area contributed by atoms with Gasteiger partial charge in [-0.05, 0) is 46.6 Å². The van der Waals surface area contributed by atoms with Gasteiger partial charge in [0.05, 0.1) is 0 Å². The van der Waals surface area contributed by atoms with Gasteiger partial charge in [-0.3, -0.25) is 9.80 Å². The monoisotopic (exact) mass is 281 g/mol. The van der Waals surface area contributed by atoms with E-state index in [9.17, 15) is 0 Å². The SMILES string of the molecule is CNC(CN1CCN(C(C)(C)C)CC1)C1CCCCC1. The first kappa shape index (κ1) is 16.3. The predicted octanol–water partition coefficient (Wildman–Crippen LogP) is 2.57. The predicted molar refractivity (Wildman–Crippen MR) is 87.2 cm³/mol. The van der Waals surface area contributed by atoms with E-state index in [1.165, 1.54) is 64.8 Å². The maximum Gasteiger partial charge on any atom is 0.0220 e. The zero-order valence-corrected chi connectivity index (χ0v) is 14.1. The van der Waals surface area contributed by atoms with Crippen molar-refractivity contribution in [3.05, 3.63) is 0 Å². The highest BCUT2D eigenvalue weighted by Gasteiger charge is 2.29. The van der Waals surface area contributed by atoms with Crippen LogP contribution in [0.2, 0.25) is 0 Å². The standard InChI is InChI=1S/C17H35N3/c1-17(2,3)20-12-10-19(11-13-20)14-16(18-4)15-8-6-5-7-9-15/h15-16,18H,5-14H2,1-4H3. The molecule has 0 aromatic heterocycles. The molecule has 0 aromatic carbocycles. The quantitative estimate of drug-likeness (QED) is 0.854. The van der Waals surface area contributed by atoms with E-state index in [-0.39, 0.29) is 0 Å². The first-order valence-electron chi connectivity index (χ1n) is 8.65. The molecule has 1 unspecified atom stereocenters. The number of rotatable bonds is 4. The molecule has 0 aromatic rings. The topological polar surface area (TPSA) is 18.5 Å². The van der Waals surface area contributed by atoms with Gasteiger partial charge in [0.25, 0.3) is 0 Å². The molecule has 3 heteroatoms. The second kappa shape index (κ2) is 7.24. The minimum Gasteiger partial charge on any atom is -0.315 e. The van der Waals surface area contributed by atoms with Crippen molar-refractivity contribution in [3.63, 3.8) is 0 Å². The molecule has 0 amide bonds. The first-order valence-corrected chi connectivity index (χ1v) is 8.65. The van der Waals surface area contributed by atoms with Crippen molar-refractivity contribution in [2.45, 2.75) is 64.5 Å². The Morgan fingerprint density at radius 2 is 1.60 bits per heavy atom. The van der Waals surface area contributed by atoms with E-state index >= 15 is 0 Å². The Hall–Kier alpha value is -0.120. The second-order valence-corrected chi connectivity index (χ2v) is 7.75. The molecule has 2 aliphatic rings. The van der Waals surface area contributed by atoms with Gasteiger partial charge in [-0.25, -0.2) is 0 Å². The molecule has 0 spiro atoms. The molecule has 1 saturated heterocycles. The lowest BCUT2D eigenvalue weighted by Crippen LogP contribution is -2.56. The van der Waals surface area contributed by atoms with E-state index < -0.39 is 0 Å². The second-order valence-electron chi connectivity index (χ2n) is 7.75. The third-order valence-electron chi connectivity index (χ3n) is 5.37. The van der Waals surface area contributed by atoms with Gasteiger partial charge in [0.2, 0.25) is 0 Å². The summed E-state index contributed by atoms with van der Waals surface area (Å²) in [5.41, 5.74) is 0.331. The van der Waals surface area contributed by atoms with Crippen LogP contribution in [0.1, 0.15) is 52.9 Å². The van der Waals surface area contributed by atoms with Crippen molar-refractivity contribution >= 4 is 0 Å². The molecule has 118 valence electrons. The summed E-state index contributed by atoms with van der Waals surface area (Å²) in [4.78, 5) is 5.30. The third-order valence-corrected chi connectivity index (χ3v) is 5.37. The number of piperazine rings is 1. The molecule has 1 heterocycles. The molecule has 1 aliphatic heterocycles. The highest BCUT2D eigenvalue weighted by molar-refractivity contribution is 4.86. The Bertz CT molecular complexity index is 270. The highest BCUT2D eigenvalue weighted by atomic mass is 15.3. The Morgan fingerprint density at radius 1 is 1.00 bits per heavy atom. The maximum absolute atomic E-state index is 3.61.